The average molecular weight is 387 g/mol. The van der Waals surface area contributed by atoms with Gasteiger partial charge in [0.25, 0.3) is 5.56 Å². The molecule has 0 saturated carbocycles. The maximum Gasteiger partial charge on any atom is 0.255 e. The minimum Gasteiger partial charge on any atom is -0.353 e. The SMILES string of the molecule is Cc1cc(C)n(C(C)CC(=O)NC2CCN(c3nc(C)c(C)c(=O)[nH]3)CC2)n1. The molecule has 1 saturated heterocycles. The topological polar surface area (TPSA) is 95.9 Å². The van der Waals surface area contributed by atoms with Gasteiger partial charge in [-0.3, -0.25) is 19.3 Å². The number of aryl methyl sites for hydroxylation is 3. The molecule has 1 aliphatic rings. The lowest BCUT2D eigenvalue weighted by Gasteiger charge is -2.33. The Bertz CT molecular complexity index is 908. The zero-order chi connectivity index (χ0) is 20.4. The minimum absolute atomic E-state index is 0.0265. The van der Waals surface area contributed by atoms with E-state index in [2.05, 4.69) is 25.3 Å². The number of aromatic amines is 1. The molecular weight excluding hydrogens is 356 g/mol. The Morgan fingerprint density at radius 3 is 2.54 bits per heavy atom. The van der Waals surface area contributed by atoms with E-state index in [1.807, 2.05) is 38.4 Å². The van der Waals surface area contributed by atoms with Gasteiger partial charge in [0.1, 0.15) is 0 Å². The number of rotatable bonds is 5. The Hall–Kier alpha value is -2.64. The number of hydrogen-bond donors (Lipinski definition) is 2. The van der Waals surface area contributed by atoms with Crippen LogP contribution < -0.4 is 15.8 Å². The molecule has 2 aromatic rings. The van der Waals surface area contributed by atoms with Gasteiger partial charge in [0.05, 0.1) is 11.7 Å². The van der Waals surface area contributed by atoms with E-state index in [1.54, 1.807) is 6.92 Å². The summed E-state index contributed by atoms with van der Waals surface area (Å²) < 4.78 is 1.92. The first-order valence-corrected chi connectivity index (χ1v) is 9.89. The normalized spacial score (nSPS) is 16.2. The second-order valence-corrected chi connectivity index (χ2v) is 7.85. The molecule has 3 rings (SSSR count). The molecule has 2 N–H and O–H groups in total. The molecule has 0 aliphatic carbocycles. The van der Waals surface area contributed by atoms with E-state index in [1.165, 1.54) is 0 Å². The van der Waals surface area contributed by atoms with Gasteiger partial charge >= 0.3 is 0 Å². The van der Waals surface area contributed by atoms with Crippen molar-refractivity contribution in [1.82, 2.24) is 25.1 Å². The number of anilines is 1. The largest absolute Gasteiger partial charge is 0.353 e. The third-order valence-corrected chi connectivity index (χ3v) is 5.48. The highest BCUT2D eigenvalue weighted by molar-refractivity contribution is 5.76. The summed E-state index contributed by atoms with van der Waals surface area (Å²) in [6.45, 7) is 11.1. The molecule has 1 amide bonds. The monoisotopic (exact) mass is 386 g/mol. The number of carbonyl (C=O) groups excluding carboxylic acids is 1. The molecule has 8 nitrogen and oxygen atoms in total. The number of H-pyrrole nitrogens is 1. The van der Waals surface area contributed by atoms with Crippen LogP contribution >= 0.6 is 0 Å². The fourth-order valence-corrected chi connectivity index (χ4v) is 3.75. The van der Waals surface area contributed by atoms with Crippen LogP contribution in [0.3, 0.4) is 0 Å². The van der Waals surface area contributed by atoms with Gasteiger partial charge in [0.2, 0.25) is 11.9 Å². The summed E-state index contributed by atoms with van der Waals surface area (Å²) in [5, 5.41) is 7.62. The summed E-state index contributed by atoms with van der Waals surface area (Å²) in [6, 6.07) is 2.20. The summed E-state index contributed by atoms with van der Waals surface area (Å²) in [5.74, 6) is 0.673. The van der Waals surface area contributed by atoms with Crippen LogP contribution in [0.1, 0.15) is 54.9 Å². The fraction of sp³-hybridized carbons (Fsp3) is 0.600. The average Bonchev–Trinajstić information content (AvgIpc) is 2.98. The molecular formula is C20H30N6O2. The minimum atomic E-state index is -0.0870. The molecule has 0 bridgehead atoms. The Morgan fingerprint density at radius 1 is 1.29 bits per heavy atom. The van der Waals surface area contributed by atoms with Gasteiger partial charge in [-0.1, -0.05) is 0 Å². The van der Waals surface area contributed by atoms with Crippen LogP contribution in [0.4, 0.5) is 5.95 Å². The van der Waals surface area contributed by atoms with Gasteiger partial charge in [-0.05, 0) is 53.5 Å². The number of piperidine rings is 1. The smallest absolute Gasteiger partial charge is 0.255 e. The second kappa shape index (κ2) is 8.16. The Morgan fingerprint density at radius 2 is 1.96 bits per heavy atom. The molecule has 3 heterocycles. The van der Waals surface area contributed by atoms with Crippen molar-refractivity contribution >= 4 is 11.9 Å². The molecule has 1 fully saturated rings. The number of hydrogen-bond acceptors (Lipinski definition) is 5. The molecule has 0 aromatic carbocycles. The molecule has 1 atom stereocenters. The lowest BCUT2D eigenvalue weighted by atomic mass is 10.0. The number of nitrogens with one attached hydrogen (secondary N) is 2. The molecule has 0 spiro atoms. The first-order chi connectivity index (χ1) is 13.2. The predicted octanol–water partition coefficient (Wildman–Crippen LogP) is 1.94. The van der Waals surface area contributed by atoms with E-state index < -0.39 is 0 Å². The van der Waals surface area contributed by atoms with Crippen LogP contribution in [-0.4, -0.2) is 44.8 Å². The molecule has 1 aliphatic heterocycles. The van der Waals surface area contributed by atoms with E-state index in [0.717, 1.165) is 43.0 Å². The molecule has 0 radical (unpaired) electrons. The summed E-state index contributed by atoms with van der Waals surface area (Å²) in [7, 11) is 0. The first-order valence-electron chi connectivity index (χ1n) is 9.89. The van der Waals surface area contributed by atoms with Crippen molar-refractivity contribution in [2.45, 2.75) is 66.0 Å². The fourth-order valence-electron chi connectivity index (χ4n) is 3.75. The van der Waals surface area contributed by atoms with Crippen LogP contribution in [-0.2, 0) is 4.79 Å². The van der Waals surface area contributed by atoms with Crippen LogP contribution in [0.15, 0.2) is 10.9 Å². The van der Waals surface area contributed by atoms with Crippen molar-refractivity contribution in [3.8, 4) is 0 Å². The third-order valence-electron chi connectivity index (χ3n) is 5.48. The summed E-state index contributed by atoms with van der Waals surface area (Å²) in [5.41, 5.74) is 3.36. The zero-order valence-corrected chi connectivity index (χ0v) is 17.4. The number of carbonyl (C=O) groups is 1. The molecule has 1 unspecified atom stereocenters. The Labute approximate surface area is 165 Å². The molecule has 8 heteroatoms. The van der Waals surface area contributed by atoms with Gasteiger partial charge in [0, 0.05) is 42.5 Å². The van der Waals surface area contributed by atoms with Crippen molar-refractivity contribution in [2.75, 3.05) is 18.0 Å². The summed E-state index contributed by atoms with van der Waals surface area (Å²) >= 11 is 0. The number of amides is 1. The van der Waals surface area contributed by atoms with Crippen LogP contribution in [0, 0.1) is 27.7 Å². The lowest BCUT2D eigenvalue weighted by molar-refractivity contribution is -0.122. The second-order valence-electron chi connectivity index (χ2n) is 7.85. The van der Waals surface area contributed by atoms with Gasteiger partial charge in [-0.25, -0.2) is 4.98 Å². The summed E-state index contributed by atoms with van der Waals surface area (Å²) in [4.78, 5) is 33.9. The van der Waals surface area contributed by atoms with E-state index in [4.69, 9.17) is 0 Å². The lowest BCUT2D eigenvalue weighted by Crippen LogP contribution is -2.45. The third kappa shape index (κ3) is 4.43. The standard InChI is InChI=1S/C20H30N6O2/c1-12-10-13(2)26(24-12)14(3)11-18(27)22-17-6-8-25(9-7-17)20-21-16(5)15(4)19(28)23-20/h10,14,17H,6-9,11H2,1-5H3,(H,22,27)(H,21,23,28). The van der Waals surface area contributed by atoms with E-state index in [9.17, 15) is 9.59 Å². The van der Waals surface area contributed by atoms with Gasteiger partial charge in [-0.2, -0.15) is 5.10 Å². The highest BCUT2D eigenvalue weighted by atomic mass is 16.1. The number of aromatic nitrogens is 4. The number of nitrogens with zero attached hydrogens (tertiary/aromatic N) is 4. The van der Waals surface area contributed by atoms with Crippen molar-refractivity contribution in [3.63, 3.8) is 0 Å². The molecule has 28 heavy (non-hydrogen) atoms. The summed E-state index contributed by atoms with van der Waals surface area (Å²) in [6.07, 6.45) is 2.07. The van der Waals surface area contributed by atoms with E-state index in [-0.39, 0.29) is 23.6 Å². The van der Waals surface area contributed by atoms with Crippen LogP contribution in [0.25, 0.3) is 0 Å². The Kier molecular flexibility index (Phi) is 5.86. The highest BCUT2D eigenvalue weighted by Crippen LogP contribution is 2.18. The van der Waals surface area contributed by atoms with Crippen LogP contribution in [0.5, 0.6) is 0 Å². The first kappa shape index (κ1) is 20.1. The maximum absolute atomic E-state index is 12.5. The van der Waals surface area contributed by atoms with Crippen LogP contribution in [0.2, 0.25) is 0 Å². The van der Waals surface area contributed by atoms with E-state index >= 15 is 0 Å². The van der Waals surface area contributed by atoms with Crippen molar-refractivity contribution in [2.24, 2.45) is 0 Å². The predicted molar refractivity (Wildman–Crippen MR) is 109 cm³/mol. The molecule has 152 valence electrons. The van der Waals surface area contributed by atoms with E-state index in [0.29, 0.717) is 17.9 Å². The van der Waals surface area contributed by atoms with Crippen molar-refractivity contribution < 1.29 is 4.79 Å². The van der Waals surface area contributed by atoms with Gasteiger partial charge < -0.3 is 10.2 Å². The van der Waals surface area contributed by atoms with Gasteiger partial charge in [0.15, 0.2) is 0 Å². The van der Waals surface area contributed by atoms with Crippen molar-refractivity contribution in [1.29, 1.82) is 0 Å². The zero-order valence-electron chi connectivity index (χ0n) is 17.4. The van der Waals surface area contributed by atoms with Crippen molar-refractivity contribution in [3.05, 3.63) is 39.1 Å². The van der Waals surface area contributed by atoms with Gasteiger partial charge in [-0.15, -0.1) is 0 Å². The Balaban J connectivity index is 1.52. The quantitative estimate of drug-likeness (QED) is 0.819. The maximum atomic E-state index is 12.5. The molecule has 2 aromatic heterocycles. The highest BCUT2D eigenvalue weighted by Gasteiger charge is 2.23.